The zero-order valence-corrected chi connectivity index (χ0v) is 16.6. The molecule has 4 heterocycles. The number of aromatic amines is 1. The molecule has 0 amide bonds. The Hall–Kier alpha value is -2.60. The van der Waals surface area contributed by atoms with E-state index in [1.54, 1.807) is 7.11 Å². The molecule has 1 aliphatic carbocycles. The molecule has 6 rings (SSSR count). The van der Waals surface area contributed by atoms with E-state index in [0.717, 1.165) is 65.5 Å². The molecule has 0 radical (unpaired) electrons. The molecule has 6 heteroatoms. The summed E-state index contributed by atoms with van der Waals surface area (Å²) in [5.41, 5.74) is 5.64. The van der Waals surface area contributed by atoms with Crippen molar-refractivity contribution in [2.75, 3.05) is 7.11 Å². The summed E-state index contributed by atoms with van der Waals surface area (Å²) in [6, 6.07) is 6.15. The Kier molecular flexibility index (Phi) is 3.48. The monoisotopic (exact) mass is 391 g/mol. The van der Waals surface area contributed by atoms with Gasteiger partial charge in [-0.05, 0) is 49.4 Å². The molecule has 0 bridgehead atoms. The SMILES string of the molecule is COc1ccc2[nH]c3c(c2c1)CCn1c-3nc(=S)c2c3c(oc21)CCCCC3. The summed E-state index contributed by atoms with van der Waals surface area (Å²) in [4.78, 5) is 8.45. The number of hydrogen-bond donors (Lipinski definition) is 1. The molecule has 28 heavy (non-hydrogen) atoms. The average molecular weight is 391 g/mol. The summed E-state index contributed by atoms with van der Waals surface area (Å²) in [5.74, 6) is 2.88. The highest BCUT2D eigenvalue weighted by Crippen LogP contribution is 2.39. The van der Waals surface area contributed by atoms with Gasteiger partial charge in [0.2, 0.25) is 5.71 Å². The van der Waals surface area contributed by atoms with Gasteiger partial charge in [-0.25, -0.2) is 4.98 Å². The number of rotatable bonds is 1. The predicted molar refractivity (Wildman–Crippen MR) is 112 cm³/mol. The predicted octanol–water partition coefficient (Wildman–Crippen LogP) is 5.34. The van der Waals surface area contributed by atoms with E-state index in [0.29, 0.717) is 4.64 Å². The Labute approximate surface area is 167 Å². The lowest BCUT2D eigenvalue weighted by Crippen LogP contribution is -2.14. The molecule has 3 aromatic heterocycles. The van der Waals surface area contributed by atoms with Crippen LogP contribution in [0.2, 0.25) is 0 Å². The van der Waals surface area contributed by atoms with E-state index in [-0.39, 0.29) is 0 Å². The second-order valence-corrected chi connectivity index (χ2v) is 8.16. The lowest BCUT2D eigenvalue weighted by Gasteiger charge is -2.19. The molecule has 4 aromatic rings. The number of nitrogens with one attached hydrogen (secondary N) is 1. The fourth-order valence-electron chi connectivity index (χ4n) is 4.87. The third-order valence-corrected chi connectivity index (χ3v) is 6.54. The first-order valence-electron chi connectivity index (χ1n) is 9.98. The number of nitrogens with zero attached hydrogens (tertiary/aromatic N) is 2. The van der Waals surface area contributed by atoms with Gasteiger partial charge in [0.15, 0.2) is 5.82 Å². The van der Waals surface area contributed by atoms with E-state index in [4.69, 9.17) is 26.4 Å². The summed E-state index contributed by atoms with van der Waals surface area (Å²) in [5, 5.41) is 2.26. The van der Waals surface area contributed by atoms with Crippen LogP contribution in [-0.2, 0) is 25.8 Å². The first-order chi connectivity index (χ1) is 13.7. The second kappa shape index (κ2) is 5.95. The zero-order chi connectivity index (χ0) is 18.8. The Morgan fingerprint density at radius 1 is 1.14 bits per heavy atom. The third kappa shape index (κ3) is 2.18. The molecule has 0 spiro atoms. The highest BCUT2D eigenvalue weighted by molar-refractivity contribution is 7.71. The largest absolute Gasteiger partial charge is 0.497 e. The third-order valence-electron chi connectivity index (χ3n) is 6.25. The lowest BCUT2D eigenvalue weighted by atomic mass is 10.0. The minimum absolute atomic E-state index is 0.664. The quantitative estimate of drug-likeness (QED) is 0.351. The van der Waals surface area contributed by atoms with E-state index in [1.165, 1.54) is 35.8 Å². The first kappa shape index (κ1) is 16.4. The van der Waals surface area contributed by atoms with E-state index in [2.05, 4.69) is 21.7 Å². The highest BCUT2D eigenvalue weighted by Gasteiger charge is 2.27. The van der Waals surface area contributed by atoms with E-state index in [1.807, 2.05) is 6.07 Å². The standard InChI is InChI=1S/C22H21N3O2S/c1-26-12-7-8-16-15(11-12)13-9-10-25-20(19(13)23-16)24-21(28)18-14-5-3-2-4-6-17(14)27-22(18)25/h7-8,11,23H,2-6,9-10H2,1H3. The van der Waals surface area contributed by atoms with Crippen molar-refractivity contribution >= 4 is 34.2 Å². The molecular weight excluding hydrogens is 370 g/mol. The number of hydrogen-bond acceptors (Lipinski definition) is 4. The average Bonchev–Trinajstić information content (AvgIpc) is 3.18. The molecule has 0 saturated carbocycles. The van der Waals surface area contributed by atoms with E-state index >= 15 is 0 Å². The van der Waals surface area contributed by atoms with Gasteiger partial charge in [0, 0.05) is 29.4 Å². The van der Waals surface area contributed by atoms with Gasteiger partial charge < -0.3 is 14.1 Å². The van der Waals surface area contributed by atoms with Crippen LogP contribution in [0, 0.1) is 4.64 Å². The Morgan fingerprint density at radius 2 is 2.04 bits per heavy atom. The fourth-order valence-corrected chi connectivity index (χ4v) is 5.17. The van der Waals surface area contributed by atoms with Crippen molar-refractivity contribution in [3.8, 4) is 17.3 Å². The van der Waals surface area contributed by atoms with Crippen molar-refractivity contribution in [3.63, 3.8) is 0 Å². The molecule has 1 aromatic carbocycles. The van der Waals surface area contributed by atoms with Crippen molar-refractivity contribution in [1.82, 2.24) is 14.5 Å². The van der Waals surface area contributed by atoms with Crippen LogP contribution in [-0.4, -0.2) is 21.6 Å². The van der Waals surface area contributed by atoms with Crippen molar-refractivity contribution in [1.29, 1.82) is 0 Å². The molecular formula is C22H21N3O2S. The van der Waals surface area contributed by atoms with Gasteiger partial charge in [0.25, 0.3) is 0 Å². The zero-order valence-electron chi connectivity index (χ0n) is 15.8. The van der Waals surface area contributed by atoms with Gasteiger partial charge in [0.1, 0.15) is 16.2 Å². The number of methoxy groups -OCH3 is 1. The molecule has 0 atom stereocenters. The van der Waals surface area contributed by atoms with Crippen LogP contribution in [0.1, 0.15) is 36.1 Å². The molecule has 2 aliphatic rings. The summed E-state index contributed by atoms with van der Waals surface area (Å²) in [6.45, 7) is 0.845. The van der Waals surface area contributed by atoms with Crippen LogP contribution in [0.4, 0.5) is 0 Å². The molecule has 1 N–H and O–H groups in total. The summed E-state index contributed by atoms with van der Waals surface area (Å²) >= 11 is 5.75. The van der Waals surface area contributed by atoms with Crippen LogP contribution < -0.4 is 4.74 Å². The number of furan rings is 1. The molecule has 0 fully saturated rings. The smallest absolute Gasteiger partial charge is 0.211 e. The Bertz CT molecular complexity index is 1310. The lowest BCUT2D eigenvalue weighted by molar-refractivity contribution is 0.415. The molecule has 0 unspecified atom stereocenters. The maximum absolute atomic E-state index is 6.40. The Morgan fingerprint density at radius 3 is 2.93 bits per heavy atom. The van der Waals surface area contributed by atoms with Gasteiger partial charge >= 0.3 is 0 Å². The van der Waals surface area contributed by atoms with Gasteiger partial charge in [-0.15, -0.1) is 0 Å². The van der Waals surface area contributed by atoms with Gasteiger partial charge in [0.05, 0.1) is 18.2 Å². The van der Waals surface area contributed by atoms with Crippen LogP contribution >= 0.6 is 12.2 Å². The first-order valence-corrected chi connectivity index (χ1v) is 10.4. The van der Waals surface area contributed by atoms with Crippen molar-refractivity contribution in [2.24, 2.45) is 0 Å². The maximum Gasteiger partial charge on any atom is 0.211 e. The number of H-pyrrole nitrogens is 1. The minimum Gasteiger partial charge on any atom is -0.497 e. The second-order valence-electron chi connectivity index (χ2n) is 7.78. The normalized spacial score (nSPS) is 15.9. The summed E-state index contributed by atoms with van der Waals surface area (Å²) in [6.07, 6.45) is 6.63. The fraction of sp³-hybridized carbons (Fsp3) is 0.364. The number of aryl methyl sites for hydroxylation is 4. The van der Waals surface area contributed by atoms with Crippen LogP contribution in [0.5, 0.6) is 5.75 Å². The topological polar surface area (TPSA) is 56.0 Å². The molecule has 5 nitrogen and oxygen atoms in total. The number of aromatic nitrogens is 3. The van der Waals surface area contributed by atoms with Gasteiger partial charge in [-0.2, -0.15) is 0 Å². The summed E-state index contributed by atoms with van der Waals surface area (Å²) in [7, 11) is 1.70. The Balaban J connectivity index is 1.63. The highest BCUT2D eigenvalue weighted by atomic mass is 32.1. The summed E-state index contributed by atoms with van der Waals surface area (Å²) < 4.78 is 14.7. The van der Waals surface area contributed by atoms with E-state index in [9.17, 15) is 0 Å². The molecule has 1 aliphatic heterocycles. The molecule has 142 valence electrons. The number of benzene rings is 1. The molecule has 0 saturated heterocycles. The van der Waals surface area contributed by atoms with Gasteiger partial charge in [-0.3, -0.25) is 4.57 Å². The van der Waals surface area contributed by atoms with Gasteiger partial charge in [-0.1, -0.05) is 18.6 Å². The van der Waals surface area contributed by atoms with Crippen molar-refractivity contribution < 1.29 is 9.15 Å². The number of fused-ring (bicyclic) bond motifs is 9. The maximum atomic E-state index is 6.40. The van der Waals surface area contributed by atoms with Crippen molar-refractivity contribution in [2.45, 2.75) is 45.1 Å². The van der Waals surface area contributed by atoms with Crippen molar-refractivity contribution in [3.05, 3.63) is 39.7 Å². The number of ether oxygens (including phenoxy) is 1. The van der Waals surface area contributed by atoms with Crippen LogP contribution in [0.3, 0.4) is 0 Å². The van der Waals surface area contributed by atoms with E-state index < -0.39 is 0 Å². The van der Waals surface area contributed by atoms with Crippen LogP contribution in [0.15, 0.2) is 22.6 Å². The van der Waals surface area contributed by atoms with Crippen LogP contribution in [0.25, 0.3) is 33.5 Å². The minimum atomic E-state index is 0.664.